The number of hydrogen-bond donors (Lipinski definition) is 1. The summed E-state index contributed by atoms with van der Waals surface area (Å²) in [5.74, 6) is 0.0969. The molecule has 0 bridgehead atoms. The van der Waals surface area contributed by atoms with Gasteiger partial charge in [0.15, 0.2) is 0 Å². The molecule has 0 aliphatic carbocycles. The second-order valence-electron chi connectivity index (χ2n) is 7.24. The molecule has 4 rings (SSSR count). The average Bonchev–Trinajstić information content (AvgIpc) is 3.35. The SMILES string of the molecule is CCc1ccccc1N1C[C@H](C(=O)Nc2ccnn2Cc2ccccc2)CC1=O. The van der Waals surface area contributed by atoms with E-state index in [2.05, 4.69) is 17.3 Å². The van der Waals surface area contributed by atoms with Crippen molar-refractivity contribution in [2.45, 2.75) is 26.3 Å². The van der Waals surface area contributed by atoms with Gasteiger partial charge in [0.1, 0.15) is 5.82 Å². The van der Waals surface area contributed by atoms with Crippen molar-refractivity contribution in [3.63, 3.8) is 0 Å². The molecule has 29 heavy (non-hydrogen) atoms. The number of aryl methyl sites for hydroxylation is 1. The van der Waals surface area contributed by atoms with Crippen LogP contribution in [0, 0.1) is 5.92 Å². The van der Waals surface area contributed by atoms with E-state index in [4.69, 9.17) is 0 Å². The van der Waals surface area contributed by atoms with Crippen molar-refractivity contribution < 1.29 is 9.59 Å². The third-order valence-electron chi connectivity index (χ3n) is 5.30. The molecule has 148 valence electrons. The van der Waals surface area contributed by atoms with Crippen LogP contribution >= 0.6 is 0 Å². The second kappa shape index (κ2) is 8.31. The summed E-state index contributed by atoms with van der Waals surface area (Å²) >= 11 is 0. The van der Waals surface area contributed by atoms with E-state index in [1.54, 1.807) is 21.8 Å². The van der Waals surface area contributed by atoms with Gasteiger partial charge in [0.2, 0.25) is 11.8 Å². The zero-order chi connectivity index (χ0) is 20.2. The van der Waals surface area contributed by atoms with Gasteiger partial charge in [0.25, 0.3) is 0 Å². The highest BCUT2D eigenvalue weighted by atomic mass is 16.2. The summed E-state index contributed by atoms with van der Waals surface area (Å²) in [4.78, 5) is 27.2. The number of hydrogen-bond acceptors (Lipinski definition) is 3. The smallest absolute Gasteiger partial charge is 0.230 e. The Bertz CT molecular complexity index is 1010. The summed E-state index contributed by atoms with van der Waals surface area (Å²) in [7, 11) is 0. The number of anilines is 2. The van der Waals surface area contributed by atoms with Crippen LogP contribution in [0.1, 0.15) is 24.5 Å². The van der Waals surface area contributed by atoms with E-state index in [-0.39, 0.29) is 24.2 Å². The van der Waals surface area contributed by atoms with Crippen LogP contribution in [0.2, 0.25) is 0 Å². The number of nitrogens with zero attached hydrogens (tertiary/aromatic N) is 3. The summed E-state index contributed by atoms with van der Waals surface area (Å²) in [6.07, 6.45) is 2.73. The number of nitrogens with one attached hydrogen (secondary N) is 1. The molecule has 0 spiro atoms. The minimum atomic E-state index is -0.382. The molecule has 1 N–H and O–H groups in total. The number of benzene rings is 2. The number of para-hydroxylation sites is 1. The molecule has 0 unspecified atom stereocenters. The van der Waals surface area contributed by atoms with Crippen LogP contribution in [0.3, 0.4) is 0 Å². The lowest BCUT2D eigenvalue weighted by atomic mass is 10.1. The molecule has 1 fully saturated rings. The molecule has 6 nitrogen and oxygen atoms in total. The maximum absolute atomic E-state index is 12.9. The molecule has 1 aliphatic rings. The number of carbonyl (C=O) groups is 2. The van der Waals surface area contributed by atoms with Crippen LogP contribution in [0.25, 0.3) is 0 Å². The van der Waals surface area contributed by atoms with Gasteiger partial charge in [-0.05, 0) is 23.6 Å². The summed E-state index contributed by atoms with van der Waals surface area (Å²) in [6.45, 7) is 3.04. The first kappa shape index (κ1) is 18.9. The van der Waals surface area contributed by atoms with Crippen molar-refractivity contribution in [3.8, 4) is 0 Å². The fraction of sp³-hybridized carbons (Fsp3) is 0.261. The van der Waals surface area contributed by atoms with Crippen LogP contribution in [0.4, 0.5) is 11.5 Å². The van der Waals surface area contributed by atoms with Gasteiger partial charge in [-0.25, -0.2) is 4.68 Å². The van der Waals surface area contributed by atoms with E-state index in [1.165, 1.54) is 0 Å². The highest BCUT2D eigenvalue weighted by Crippen LogP contribution is 2.29. The van der Waals surface area contributed by atoms with Gasteiger partial charge in [-0.2, -0.15) is 5.10 Å². The van der Waals surface area contributed by atoms with Gasteiger partial charge in [-0.3, -0.25) is 9.59 Å². The van der Waals surface area contributed by atoms with Gasteiger partial charge < -0.3 is 10.2 Å². The van der Waals surface area contributed by atoms with E-state index in [0.29, 0.717) is 18.9 Å². The lowest BCUT2D eigenvalue weighted by Crippen LogP contribution is -2.29. The van der Waals surface area contributed by atoms with Crippen LogP contribution < -0.4 is 10.2 Å². The predicted molar refractivity (Wildman–Crippen MR) is 113 cm³/mol. The maximum Gasteiger partial charge on any atom is 0.230 e. The van der Waals surface area contributed by atoms with Crippen molar-refractivity contribution in [1.29, 1.82) is 0 Å². The first-order chi connectivity index (χ1) is 14.2. The van der Waals surface area contributed by atoms with Crippen molar-refractivity contribution in [1.82, 2.24) is 9.78 Å². The fourth-order valence-corrected chi connectivity index (χ4v) is 3.74. The number of rotatable bonds is 6. The Morgan fingerprint density at radius 3 is 2.66 bits per heavy atom. The zero-order valence-corrected chi connectivity index (χ0v) is 16.4. The van der Waals surface area contributed by atoms with Crippen LogP contribution in [0.15, 0.2) is 66.9 Å². The molecule has 6 heteroatoms. The Morgan fingerprint density at radius 1 is 1.10 bits per heavy atom. The van der Waals surface area contributed by atoms with Gasteiger partial charge in [0.05, 0.1) is 18.7 Å². The van der Waals surface area contributed by atoms with Crippen molar-refractivity contribution in [2.75, 3.05) is 16.8 Å². The Kier molecular flexibility index (Phi) is 5.42. The lowest BCUT2D eigenvalue weighted by Gasteiger charge is -2.20. The molecular weight excluding hydrogens is 364 g/mol. The van der Waals surface area contributed by atoms with Gasteiger partial charge in [-0.15, -0.1) is 0 Å². The highest BCUT2D eigenvalue weighted by molar-refractivity contribution is 6.03. The molecule has 0 radical (unpaired) electrons. The first-order valence-corrected chi connectivity index (χ1v) is 9.90. The monoisotopic (exact) mass is 388 g/mol. The van der Waals surface area contributed by atoms with E-state index >= 15 is 0 Å². The largest absolute Gasteiger partial charge is 0.311 e. The zero-order valence-electron chi connectivity index (χ0n) is 16.4. The minimum Gasteiger partial charge on any atom is -0.311 e. The van der Waals surface area contributed by atoms with E-state index in [0.717, 1.165) is 23.2 Å². The summed E-state index contributed by atoms with van der Waals surface area (Å²) < 4.78 is 1.76. The fourth-order valence-electron chi connectivity index (χ4n) is 3.74. The second-order valence-corrected chi connectivity index (χ2v) is 7.24. The van der Waals surface area contributed by atoms with Gasteiger partial charge >= 0.3 is 0 Å². The Balaban J connectivity index is 1.45. The molecule has 2 aromatic carbocycles. The van der Waals surface area contributed by atoms with Gasteiger partial charge in [0, 0.05) is 24.7 Å². The third-order valence-corrected chi connectivity index (χ3v) is 5.30. The maximum atomic E-state index is 12.9. The highest BCUT2D eigenvalue weighted by Gasteiger charge is 2.36. The Hall–Kier alpha value is -3.41. The van der Waals surface area contributed by atoms with Crippen LogP contribution in [-0.2, 0) is 22.6 Å². The Labute approximate surface area is 170 Å². The quantitative estimate of drug-likeness (QED) is 0.703. The van der Waals surface area contributed by atoms with Crippen LogP contribution in [-0.4, -0.2) is 28.1 Å². The third kappa shape index (κ3) is 4.06. The summed E-state index contributed by atoms with van der Waals surface area (Å²) in [6, 6.07) is 19.6. The molecular formula is C23H24N4O2. The summed E-state index contributed by atoms with van der Waals surface area (Å²) in [5.41, 5.74) is 3.12. The molecule has 1 atom stereocenters. The van der Waals surface area contributed by atoms with Gasteiger partial charge in [-0.1, -0.05) is 55.5 Å². The van der Waals surface area contributed by atoms with E-state index in [9.17, 15) is 9.59 Å². The topological polar surface area (TPSA) is 67.2 Å². The van der Waals surface area contributed by atoms with Crippen molar-refractivity contribution in [3.05, 3.63) is 78.0 Å². The minimum absolute atomic E-state index is 0.0103. The normalized spacial score (nSPS) is 16.2. The van der Waals surface area contributed by atoms with E-state index < -0.39 is 0 Å². The molecule has 1 aromatic heterocycles. The Morgan fingerprint density at radius 2 is 1.86 bits per heavy atom. The van der Waals surface area contributed by atoms with E-state index in [1.807, 2.05) is 54.6 Å². The molecule has 2 heterocycles. The number of aromatic nitrogens is 2. The first-order valence-electron chi connectivity index (χ1n) is 9.90. The summed E-state index contributed by atoms with van der Waals surface area (Å²) in [5, 5.41) is 7.27. The number of carbonyl (C=O) groups excluding carboxylic acids is 2. The lowest BCUT2D eigenvalue weighted by molar-refractivity contribution is -0.122. The van der Waals surface area contributed by atoms with Crippen LogP contribution in [0.5, 0.6) is 0 Å². The molecule has 3 aromatic rings. The predicted octanol–water partition coefficient (Wildman–Crippen LogP) is 3.49. The van der Waals surface area contributed by atoms with Crippen molar-refractivity contribution in [2.24, 2.45) is 5.92 Å². The molecule has 0 saturated carbocycles. The average molecular weight is 388 g/mol. The van der Waals surface area contributed by atoms with Crippen molar-refractivity contribution >= 4 is 23.3 Å². The molecule has 1 aliphatic heterocycles. The molecule has 2 amide bonds. The number of amides is 2. The standard InChI is InChI=1S/C23H24N4O2/c1-2-18-10-6-7-11-20(18)26-16-19(14-22(26)28)23(29)25-21-12-13-24-27(21)15-17-8-4-3-5-9-17/h3-13,19H,2,14-16H2,1H3,(H,25,29)/t19-/m1/s1. The molecule has 1 saturated heterocycles.